The van der Waals surface area contributed by atoms with Crippen LogP contribution in [0.3, 0.4) is 0 Å². The van der Waals surface area contributed by atoms with Crippen molar-refractivity contribution in [2.75, 3.05) is 13.2 Å². The first-order valence-corrected chi connectivity index (χ1v) is 9.09. The summed E-state index contributed by atoms with van der Waals surface area (Å²) in [5, 5.41) is 10.5. The number of rotatable bonds is 7. The second kappa shape index (κ2) is 8.21. The maximum absolute atomic E-state index is 13.1. The van der Waals surface area contributed by atoms with Gasteiger partial charge in [-0.15, -0.1) is 0 Å². The minimum Gasteiger partial charge on any atom is -0.550 e. The molecule has 28 heavy (non-hydrogen) atoms. The summed E-state index contributed by atoms with van der Waals surface area (Å²) in [7, 11) is 0. The number of fused-ring (bicyclic) bond motifs is 3. The van der Waals surface area contributed by atoms with Gasteiger partial charge in [-0.2, -0.15) is 0 Å². The van der Waals surface area contributed by atoms with Crippen molar-refractivity contribution in [1.82, 2.24) is 0 Å². The molecule has 0 radical (unpaired) electrons. The van der Waals surface area contributed by atoms with E-state index in [-0.39, 0.29) is 30.9 Å². The van der Waals surface area contributed by atoms with E-state index < -0.39 is 17.9 Å². The van der Waals surface area contributed by atoms with Gasteiger partial charge in [0.05, 0.1) is 12.5 Å². The largest absolute Gasteiger partial charge is 0.550 e. The van der Waals surface area contributed by atoms with Crippen LogP contribution in [0.4, 0.5) is 0 Å². The van der Waals surface area contributed by atoms with E-state index in [2.05, 4.69) is 4.99 Å². The molecule has 0 aliphatic heterocycles. The van der Waals surface area contributed by atoms with Crippen LogP contribution < -0.4 is 5.11 Å². The lowest BCUT2D eigenvalue weighted by atomic mass is 9.80. The van der Waals surface area contributed by atoms with Gasteiger partial charge < -0.3 is 19.1 Å². The fourth-order valence-electron chi connectivity index (χ4n) is 3.35. The van der Waals surface area contributed by atoms with Crippen LogP contribution in [-0.4, -0.2) is 37.1 Å². The van der Waals surface area contributed by atoms with Crippen molar-refractivity contribution < 1.29 is 28.6 Å². The predicted octanol–water partition coefficient (Wildman–Crippen LogP) is 2.31. The number of furan rings is 1. The van der Waals surface area contributed by atoms with Crippen molar-refractivity contribution in [2.45, 2.75) is 32.6 Å². The van der Waals surface area contributed by atoms with Crippen LogP contribution in [0.15, 0.2) is 33.7 Å². The quantitative estimate of drug-likeness (QED) is 0.413. The SMILES string of the molecule is CCOC(=O)c1c(C)oc2c1[C@H](C=NCCCC(=O)[O-])C(=O)c1ccccc1-2. The van der Waals surface area contributed by atoms with Gasteiger partial charge in [0, 0.05) is 35.4 Å². The van der Waals surface area contributed by atoms with Crippen molar-refractivity contribution in [3.05, 3.63) is 46.7 Å². The minimum atomic E-state index is -1.14. The molecule has 146 valence electrons. The molecule has 2 aromatic rings. The fraction of sp³-hybridized carbons (Fsp3) is 0.333. The number of carbonyl (C=O) groups is 3. The van der Waals surface area contributed by atoms with E-state index in [9.17, 15) is 19.5 Å². The summed E-state index contributed by atoms with van der Waals surface area (Å²) >= 11 is 0. The number of aliphatic carboxylic acids is 1. The van der Waals surface area contributed by atoms with Gasteiger partial charge in [0.25, 0.3) is 0 Å². The second-order valence-corrected chi connectivity index (χ2v) is 6.41. The van der Waals surface area contributed by atoms with Crippen molar-refractivity contribution in [1.29, 1.82) is 0 Å². The number of ketones is 1. The van der Waals surface area contributed by atoms with Gasteiger partial charge in [-0.05, 0) is 26.7 Å². The Balaban J connectivity index is 2.05. The molecule has 0 saturated heterocycles. The molecule has 1 aliphatic carbocycles. The molecule has 0 unspecified atom stereocenters. The number of benzene rings is 1. The lowest BCUT2D eigenvalue weighted by molar-refractivity contribution is -0.305. The standard InChI is InChI=1S/C21H21NO6/c1-3-27-21(26)17-12(2)28-20-14-8-5-4-7-13(14)19(25)15(18(17)20)11-22-10-6-9-16(23)24/h4-5,7-8,11,15H,3,6,9-10H2,1-2H3,(H,23,24)/p-1/t15-/m0/s1. The number of nitrogens with zero attached hydrogens (tertiary/aromatic N) is 1. The van der Waals surface area contributed by atoms with E-state index >= 15 is 0 Å². The first-order valence-electron chi connectivity index (χ1n) is 9.09. The zero-order valence-corrected chi connectivity index (χ0v) is 15.7. The normalized spacial score (nSPS) is 15.4. The molecule has 1 aromatic heterocycles. The van der Waals surface area contributed by atoms with Crippen LogP contribution in [0.5, 0.6) is 0 Å². The molecule has 7 nitrogen and oxygen atoms in total. The number of esters is 1. The Morgan fingerprint density at radius 3 is 2.68 bits per heavy atom. The summed E-state index contributed by atoms with van der Waals surface area (Å²) in [5.41, 5.74) is 1.81. The molecule has 7 heteroatoms. The second-order valence-electron chi connectivity index (χ2n) is 6.41. The average Bonchev–Trinajstić information content (AvgIpc) is 3.01. The third-order valence-corrected chi connectivity index (χ3v) is 4.55. The molecule has 0 spiro atoms. The fourth-order valence-corrected chi connectivity index (χ4v) is 3.35. The van der Waals surface area contributed by atoms with Gasteiger partial charge in [0.2, 0.25) is 0 Å². The van der Waals surface area contributed by atoms with E-state index in [4.69, 9.17) is 9.15 Å². The number of ether oxygens (including phenoxy) is 1. The number of carboxylic acids is 1. The highest BCUT2D eigenvalue weighted by Gasteiger charge is 2.39. The summed E-state index contributed by atoms with van der Waals surface area (Å²) in [5.74, 6) is -1.85. The zero-order valence-electron chi connectivity index (χ0n) is 15.7. The molecule has 3 rings (SSSR count). The third-order valence-electron chi connectivity index (χ3n) is 4.55. The molecule has 0 N–H and O–H groups in total. The molecular formula is C21H20NO6-. The topological polar surface area (TPSA) is 109 Å². The first kappa shape index (κ1) is 19.5. The molecule has 1 atom stereocenters. The van der Waals surface area contributed by atoms with Crippen molar-refractivity contribution in [3.63, 3.8) is 0 Å². The van der Waals surface area contributed by atoms with Crippen LogP contribution >= 0.6 is 0 Å². The lowest BCUT2D eigenvalue weighted by Crippen LogP contribution is -2.23. The van der Waals surface area contributed by atoms with Gasteiger partial charge in [-0.25, -0.2) is 4.79 Å². The molecule has 1 aliphatic rings. The Kier molecular flexibility index (Phi) is 5.73. The number of aryl methyl sites for hydroxylation is 1. The van der Waals surface area contributed by atoms with E-state index in [1.54, 1.807) is 38.1 Å². The van der Waals surface area contributed by atoms with Gasteiger partial charge in [-0.3, -0.25) is 9.79 Å². The monoisotopic (exact) mass is 382 g/mol. The maximum atomic E-state index is 13.1. The minimum absolute atomic E-state index is 0.108. The van der Waals surface area contributed by atoms with Gasteiger partial charge in [0.15, 0.2) is 5.78 Å². The number of Topliss-reactive ketones (excluding diaryl/α,β-unsaturated/α-hetero) is 1. The van der Waals surface area contributed by atoms with E-state index in [0.717, 1.165) is 0 Å². The highest BCUT2D eigenvalue weighted by atomic mass is 16.5. The Morgan fingerprint density at radius 2 is 2.00 bits per heavy atom. The van der Waals surface area contributed by atoms with E-state index in [1.807, 2.05) is 0 Å². The summed E-state index contributed by atoms with van der Waals surface area (Å²) in [6.07, 6.45) is 1.66. The van der Waals surface area contributed by atoms with E-state index in [0.29, 0.717) is 34.6 Å². The van der Waals surface area contributed by atoms with E-state index in [1.165, 1.54) is 6.21 Å². The number of hydrogen-bond donors (Lipinski definition) is 0. The Labute approximate surface area is 162 Å². The average molecular weight is 382 g/mol. The van der Waals surface area contributed by atoms with Gasteiger partial charge >= 0.3 is 5.97 Å². The Bertz CT molecular complexity index is 956. The van der Waals surface area contributed by atoms with Crippen LogP contribution in [0, 0.1) is 6.92 Å². The Morgan fingerprint density at radius 1 is 1.29 bits per heavy atom. The number of aliphatic imine (C=N–C) groups is 1. The lowest BCUT2D eigenvalue weighted by Gasteiger charge is -2.21. The highest BCUT2D eigenvalue weighted by Crippen LogP contribution is 2.43. The molecule has 0 bridgehead atoms. The van der Waals surface area contributed by atoms with Crippen molar-refractivity contribution in [3.8, 4) is 11.3 Å². The number of carbonyl (C=O) groups excluding carboxylic acids is 3. The molecular weight excluding hydrogens is 362 g/mol. The molecule has 0 fully saturated rings. The molecule has 1 heterocycles. The molecule has 0 saturated carbocycles. The summed E-state index contributed by atoms with van der Waals surface area (Å²) < 4.78 is 11.0. The number of carboxylic acid groups (broad SMARTS) is 1. The van der Waals surface area contributed by atoms with Crippen LogP contribution in [0.2, 0.25) is 0 Å². The number of hydrogen-bond acceptors (Lipinski definition) is 7. The summed E-state index contributed by atoms with van der Waals surface area (Å²) in [6, 6.07) is 7.04. The molecule has 1 aromatic carbocycles. The smallest absolute Gasteiger partial charge is 0.342 e. The summed E-state index contributed by atoms with van der Waals surface area (Å²) in [4.78, 5) is 40.3. The van der Waals surface area contributed by atoms with Crippen LogP contribution in [0.1, 0.15) is 57.7 Å². The Hall–Kier alpha value is -3.22. The summed E-state index contributed by atoms with van der Waals surface area (Å²) in [6.45, 7) is 3.80. The molecule has 0 amide bonds. The van der Waals surface area contributed by atoms with Gasteiger partial charge in [0.1, 0.15) is 17.1 Å². The zero-order chi connectivity index (χ0) is 20.3. The first-order chi connectivity index (χ1) is 13.5. The third kappa shape index (κ3) is 3.60. The van der Waals surface area contributed by atoms with Crippen molar-refractivity contribution in [2.24, 2.45) is 4.99 Å². The van der Waals surface area contributed by atoms with Gasteiger partial charge in [-0.1, -0.05) is 24.3 Å². The van der Waals surface area contributed by atoms with Crippen molar-refractivity contribution >= 4 is 23.9 Å². The van der Waals surface area contributed by atoms with Crippen LogP contribution in [0.25, 0.3) is 11.3 Å². The predicted molar refractivity (Wildman–Crippen MR) is 99.5 cm³/mol. The van der Waals surface area contributed by atoms with Crippen LogP contribution in [-0.2, 0) is 9.53 Å². The maximum Gasteiger partial charge on any atom is 0.342 e. The highest BCUT2D eigenvalue weighted by molar-refractivity contribution is 6.18.